The quantitative estimate of drug-likeness (QED) is 0.776. The highest BCUT2D eigenvalue weighted by molar-refractivity contribution is 5.81. The van der Waals surface area contributed by atoms with E-state index in [9.17, 15) is 4.79 Å². The summed E-state index contributed by atoms with van der Waals surface area (Å²) in [6, 6.07) is -0.0240. The van der Waals surface area contributed by atoms with Crippen molar-refractivity contribution in [1.29, 1.82) is 0 Å². The first kappa shape index (κ1) is 14.5. The molecule has 0 radical (unpaired) electrons. The molecule has 0 aromatic rings. The molecule has 1 rings (SSSR count). The van der Waals surface area contributed by atoms with Crippen LogP contribution in [0.3, 0.4) is 0 Å². The van der Waals surface area contributed by atoms with Crippen molar-refractivity contribution in [3.63, 3.8) is 0 Å². The molecule has 3 heteroatoms. The Hall–Kier alpha value is -0.570. The first-order valence-electron chi connectivity index (χ1n) is 7.03. The number of unbranched alkanes of at least 4 members (excludes halogenated alkanes) is 1. The second kappa shape index (κ2) is 6.39. The molecule has 0 spiro atoms. The summed E-state index contributed by atoms with van der Waals surface area (Å²) < 4.78 is 0. The lowest BCUT2D eigenvalue weighted by Gasteiger charge is -2.39. The number of hydrogen-bond donors (Lipinski definition) is 2. The van der Waals surface area contributed by atoms with Gasteiger partial charge in [-0.1, -0.05) is 46.5 Å². The van der Waals surface area contributed by atoms with Gasteiger partial charge in [0.05, 0.1) is 6.04 Å². The fourth-order valence-corrected chi connectivity index (χ4v) is 2.60. The molecule has 2 atom stereocenters. The maximum absolute atomic E-state index is 12.0. The maximum atomic E-state index is 12.0. The first-order valence-corrected chi connectivity index (χ1v) is 7.03. The van der Waals surface area contributed by atoms with Crippen LogP contribution in [0.2, 0.25) is 0 Å². The third-order valence-corrected chi connectivity index (χ3v) is 4.03. The van der Waals surface area contributed by atoms with E-state index in [0.717, 1.165) is 25.7 Å². The molecule has 1 unspecified atom stereocenters. The summed E-state index contributed by atoms with van der Waals surface area (Å²) >= 11 is 0. The second-order valence-corrected chi connectivity index (χ2v) is 6.04. The van der Waals surface area contributed by atoms with Crippen LogP contribution in [-0.4, -0.2) is 18.0 Å². The lowest BCUT2D eigenvalue weighted by atomic mass is 9.73. The molecule has 0 aromatic heterocycles. The standard InChI is InChI=1S/C14H28N2O/c1-4-5-8-11(15)13(17)16-12-9-6-7-10-14(12,2)3/h11-12H,4-10,15H2,1-3H3,(H,16,17)/t11-,12?/m0/s1. The number of amides is 1. The Morgan fingerprint density at radius 3 is 2.76 bits per heavy atom. The number of nitrogens with two attached hydrogens (primary N) is 1. The van der Waals surface area contributed by atoms with Crippen LogP contribution < -0.4 is 11.1 Å². The Kier molecular flexibility index (Phi) is 5.44. The van der Waals surface area contributed by atoms with E-state index in [4.69, 9.17) is 5.73 Å². The van der Waals surface area contributed by atoms with Crippen molar-refractivity contribution < 1.29 is 4.79 Å². The summed E-state index contributed by atoms with van der Waals surface area (Å²) in [7, 11) is 0. The van der Waals surface area contributed by atoms with E-state index in [0.29, 0.717) is 6.04 Å². The Balaban J connectivity index is 2.43. The minimum atomic E-state index is -0.326. The predicted octanol–water partition coefficient (Wildman–Crippen LogP) is 2.59. The zero-order chi connectivity index (χ0) is 12.9. The molecule has 0 saturated heterocycles. The highest BCUT2D eigenvalue weighted by atomic mass is 16.2. The molecule has 0 aliphatic heterocycles. The van der Waals surface area contributed by atoms with Crippen molar-refractivity contribution in [2.24, 2.45) is 11.1 Å². The summed E-state index contributed by atoms with van der Waals surface area (Å²) in [5.41, 5.74) is 6.12. The van der Waals surface area contributed by atoms with Gasteiger partial charge in [0.25, 0.3) is 0 Å². The molecule has 1 amide bonds. The Morgan fingerprint density at radius 2 is 2.18 bits per heavy atom. The zero-order valence-corrected chi connectivity index (χ0v) is 11.6. The van der Waals surface area contributed by atoms with E-state index < -0.39 is 0 Å². The van der Waals surface area contributed by atoms with Crippen LogP contribution in [0.15, 0.2) is 0 Å². The Morgan fingerprint density at radius 1 is 1.47 bits per heavy atom. The largest absolute Gasteiger partial charge is 0.351 e. The van der Waals surface area contributed by atoms with Crippen LogP contribution in [0.1, 0.15) is 65.7 Å². The summed E-state index contributed by atoms with van der Waals surface area (Å²) in [6.45, 7) is 6.61. The normalized spacial score (nSPS) is 25.3. The highest BCUT2D eigenvalue weighted by Gasteiger charge is 2.33. The Bertz CT molecular complexity index is 251. The fraction of sp³-hybridized carbons (Fsp3) is 0.929. The third-order valence-electron chi connectivity index (χ3n) is 4.03. The van der Waals surface area contributed by atoms with E-state index in [-0.39, 0.29) is 17.4 Å². The van der Waals surface area contributed by atoms with Gasteiger partial charge in [0.2, 0.25) is 5.91 Å². The number of carbonyl (C=O) groups is 1. The van der Waals surface area contributed by atoms with Crippen molar-refractivity contribution in [2.75, 3.05) is 0 Å². The van der Waals surface area contributed by atoms with Crippen molar-refractivity contribution in [3.05, 3.63) is 0 Å². The van der Waals surface area contributed by atoms with Gasteiger partial charge in [-0.15, -0.1) is 0 Å². The average Bonchev–Trinajstić information content (AvgIpc) is 2.28. The number of carbonyl (C=O) groups excluding carboxylic acids is 1. The van der Waals surface area contributed by atoms with E-state index >= 15 is 0 Å². The lowest BCUT2D eigenvalue weighted by molar-refractivity contribution is -0.124. The van der Waals surface area contributed by atoms with E-state index in [2.05, 4.69) is 26.1 Å². The van der Waals surface area contributed by atoms with Crippen LogP contribution in [-0.2, 0) is 4.79 Å². The van der Waals surface area contributed by atoms with E-state index in [1.54, 1.807) is 0 Å². The van der Waals surface area contributed by atoms with E-state index in [1.165, 1.54) is 19.3 Å². The molecule has 1 aliphatic carbocycles. The molecular formula is C14H28N2O. The summed E-state index contributed by atoms with van der Waals surface area (Å²) in [4.78, 5) is 12.0. The van der Waals surface area contributed by atoms with Crippen LogP contribution >= 0.6 is 0 Å². The molecule has 1 aliphatic rings. The number of rotatable bonds is 5. The van der Waals surface area contributed by atoms with Crippen molar-refractivity contribution in [2.45, 2.75) is 77.8 Å². The van der Waals surface area contributed by atoms with Gasteiger partial charge in [-0.25, -0.2) is 0 Å². The molecule has 3 nitrogen and oxygen atoms in total. The van der Waals surface area contributed by atoms with Gasteiger partial charge in [-0.05, 0) is 24.7 Å². The van der Waals surface area contributed by atoms with Gasteiger partial charge in [0.15, 0.2) is 0 Å². The molecule has 0 heterocycles. The van der Waals surface area contributed by atoms with Crippen LogP contribution in [0, 0.1) is 5.41 Å². The zero-order valence-electron chi connectivity index (χ0n) is 11.6. The van der Waals surface area contributed by atoms with Crippen molar-refractivity contribution >= 4 is 5.91 Å². The third kappa shape index (κ3) is 4.30. The summed E-state index contributed by atoms with van der Waals surface area (Å²) in [6.07, 6.45) is 7.72. The highest BCUT2D eigenvalue weighted by Crippen LogP contribution is 2.35. The van der Waals surface area contributed by atoms with Gasteiger partial charge in [0, 0.05) is 6.04 Å². The Labute approximate surface area is 106 Å². The second-order valence-electron chi connectivity index (χ2n) is 6.04. The molecule has 100 valence electrons. The molecular weight excluding hydrogens is 212 g/mol. The van der Waals surface area contributed by atoms with Crippen molar-refractivity contribution in [3.8, 4) is 0 Å². The van der Waals surface area contributed by atoms with Gasteiger partial charge < -0.3 is 11.1 Å². The van der Waals surface area contributed by atoms with Crippen LogP contribution in [0.4, 0.5) is 0 Å². The monoisotopic (exact) mass is 240 g/mol. The number of hydrogen-bond acceptors (Lipinski definition) is 2. The minimum Gasteiger partial charge on any atom is -0.351 e. The summed E-state index contributed by atoms with van der Waals surface area (Å²) in [5.74, 6) is 0.0402. The molecule has 17 heavy (non-hydrogen) atoms. The fourth-order valence-electron chi connectivity index (χ4n) is 2.60. The molecule has 1 saturated carbocycles. The molecule has 0 aromatic carbocycles. The number of nitrogens with one attached hydrogen (secondary N) is 1. The van der Waals surface area contributed by atoms with Gasteiger partial charge in [-0.2, -0.15) is 0 Å². The summed E-state index contributed by atoms with van der Waals surface area (Å²) in [5, 5.41) is 3.15. The molecule has 0 bridgehead atoms. The first-order chi connectivity index (χ1) is 7.97. The molecule has 1 fully saturated rings. The maximum Gasteiger partial charge on any atom is 0.237 e. The lowest BCUT2D eigenvalue weighted by Crippen LogP contribution is -2.51. The van der Waals surface area contributed by atoms with Crippen molar-refractivity contribution in [1.82, 2.24) is 5.32 Å². The van der Waals surface area contributed by atoms with Crippen LogP contribution in [0.25, 0.3) is 0 Å². The minimum absolute atomic E-state index is 0.0402. The van der Waals surface area contributed by atoms with Gasteiger partial charge in [-0.3, -0.25) is 4.79 Å². The average molecular weight is 240 g/mol. The van der Waals surface area contributed by atoms with Gasteiger partial charge >= 0.3 is 0 Å². The topological polar surface area (TPSA) is 55.1 Å². The SMILES string of the molecule is CCCC[C@H](N)C(=O)NC1CCCCC1(C)C. The molecule has 3 N–H and O–H groups in total. The predicted molar refractivity (Wildman–Crippen MR) is 71.7 cm³/mol. The smallest absolute Gasteiger partial charge is 0.237 e. The van der Waals surface area contributed by atoms with Crippen LogP contribution in [0.5, 0.6) is 0 Å². The van der Waals surface area contributed by atoms with E-state index in [1.807, 2.05) is 0 Å². The van der Waals surface area contributed by atoms with Gasteiger partial charge in [0.1, 0.15) is 0 Å².